The lowest BCUT2D eigenvalue weighted by Gasteiger charge is -2.30. The highest BCUT2D eigenvalue weighted by Gasteiger charge is 2.32. The maximum absolute atomic E-state index is 12.2. The van der Waals surface area contributed by atoms with Gasteiger partial charge < -0.3 is 15.4 Å². The summed E-state index contributed by atoms with van der Waals surface area (Å²) in [6.07, 6.45) is 0.691. The van der Waals surface area contributed by atoms with Crippen molar-refractivity contribution in [2.75, 3.05) is 19.7 Å². The summed E-state index contributed by atoms with van der Waals surface area (Å²) >= 11 is 4.27. The average Bonchev–Trinajstić information content (AvgIpc) is 2.32. The highest BCUT2D eigenvalue weighted by atomic mass is 32.1. The third kappa shape index (κ3) is 6.45. The lowest BCUT2D eigenvalue weighted by atomic mass is 10.0. The van der Waals surface area contributed by atoms with Crippen molar-refractivity contribution in [3.05, 3.63) is 0 Å². The number of hydrogen-bond acceptors (Lipinski definition) is 6. The number of carbonyl (C=O) groups excluding carboxylic acids is 2. The van der Waals surface area contributed by atoms with E-state index in [2.05, 4.69) is 17.4 Å². The summed E-state index contributed by atoms with van der Waals surface area (Å²) in [7, 11) is 0. The average molecular weight is 287 g/mol. The number of nitrogens with two attached hydrogens (primary N) is 1. The van der Waals surface area contributed by atoms with Crippen molar-refractivity contribution in [2.45, 2.75) is 38.0 Å². The van der Waals surface area contributed by atoms with Crippen LogP contribution < -0.4 is 5.73 Å². The van der Waals surface area contributed by atoms with Gasteiger partial charge in [-0.1, -0.05) is 6.92 Å². The molecule has 0 rings (SSSR count). The van der Waals surface area contributed by atoms with Crippen molar-refractivity contribution >= 4 is 24.5 Å². The maximum Gasteiger partial charge on any atom is 0.326 e. The Bertz CT molecular complexity index is 360. The first kappa shape index (κ1) is 17.7. The molecule has 2 N–H and O–H groups in total. The molecule has 0 aliphatic rings. The summed E-state index contributed by atoms with van der Waals surface area (Å²) in [4.78, 5) is 24.9. The zero-order valence-corrected chi connectivity index (χ0v) is 12.4. The van der Waals surface area contributed by atoms with Crippen molar-refractivity contribution in [1.29, 1.82) is 5.26 Å². The summed E-state index contributed by atoms with van der Waals surface area (Å²) in [5.41, 5.74) is 5.83. The van der Waals surface area contributed by atoms with Crippen LogP contribution in [0.3, 0.4) is 0 Å². The van der Waals surface area contributed by atoms with Crippen molar-refractivity contribution < 1.29 is 14.3 Å². The third-order valence-electron chi connectivity index (χ3n) is 2.45. The van der Waals surface area contributed by atoms with E-state index in [1.807, 2.05) is 6.92 Å². The van der Waals surface area contributed by atoms with Crippen molar-refractivity contribution in [3.63, 3.8) is 0 Å². The number of nitrogens with zero attached hydrogens (tertiary/aromatic N) is 2. The Kier molecular flexibility index (Phi) is 7.49. The Labute approximate surface area is 119 Å². The predicted molar refractivity (Wildman–Crippen MR) is 74.5 cm³/mol. The van der Waals surface area contributed by atoms with Gasteiger partial charge in [-0.25, -0.2) is 0 Å². The van der Waals surface area contributed by atoms with E-state index in [-0.39, 0.29) is 19.1 Å². The normalized spacial score (nSPS) is 12.4. The molecule has 19 heavy (non-hydrogen) atoms. The predicted octanol–water partition coefficient (Wildman–Crippen LogP) is 0.327. The van der Waals surface area contributed by atoms with Crippen LogP contribution >= 0.6 is 12.6 Å². The van der Waals surface area contributed by atoms with Gasteiger partial charge in [-0.2, -0.15) is 17.9 Å². The summed E-state index contributed by atoms with van der Waals surface area (Å²) in [5.74, 6) is -0.969. The second kappa shape index (κ2) is 8.02. The van der Waals surface area contributed by atoms with E-state index in [0.29, 0.717) is 13.0 Å². The number of hydrogen-bond donors (Lipinski definition) is 2. The first-order valence-electron chi connectivity index (χ1n) is 6.03. The number of esters is 1. The fourth-order valence-corrected chi connectivity index (χ4v) is 1.46. The smallest absolute Gasteiger partial charge is 0.326 e. The van der Waals surface area contributed by atoms with Crippen molar-refractivity contribution in [2.24, 2.45) is 5.73 Å². The van der Waals surface area contributed by atoms with Gasteiger partial charge in [-0.05, 0) is 20.3 Å². The molecule has 1 amide bonds. The maximum atomic E-state index is 12.2. The molecule has 0 bridgehead atoms. The molecule has 6 nitrogen and oxygen atoms in total. The summed E-state index contributed by atoms with van der Waals surface area (Å²) in [5, 5.41) is 8.32. The molecular formula is C12H21N3O3S. The lowest BCUT2D eigenvalue weighted by molar-refractivity contribution is -0.148. The number of thiol groups is 1. The number of ether oxygens (including phenoxy) is 1. The van der Waals surface area contributed by atoms with Gasteiger partial charge in [-0.15, -0.1) is 0 Å². The van der Waals surface area contributed by atoms with Gasteiger partial charge in [0, 0.05) is 11.3 Å². The van der Waals surface area contributed by atoms with Gasteiger partial charge in [-0.3, -0.25) is 9.59 Å². The Morgan fingerprint density at radius 2 is 2.11 bits per heavy atom. The van der Waals surface area contributed by atoms with Crippen LogP contribution in [0.2, 0.25) is 0 Å². The van der Waals surface area contributed by atoms with E-state index >= 15 is 0 Å². The SMILES string of the molecule is CCCN(CC(=O)OCC#N)C(=O)[C@@H](N)C(C)(C)S. The highest BCUT2D eigenvalue weighted by Crippen LogP contribution is 2.17. The Morgan fingerprint density at radius 1 is 1.53 bits per heavy atom. The molecule has 7 heteroatoms. The molecule has 0 saturated heterocycles. The molecule has 0 aromatic rings. The van der Waals surface area contributed by atoms with E-state index in [4.69, 9.17) is 11.0 Å². The highest BCUT2D eigenvalue weighted by molar-refractivity contribution is 7.81. The molecule has 0 unspecified atom stereocenters. The quantitative estimate of drug-likeness (QED) is 0.519. The molecular weight excluding hydrogens is 266 g/mol. The minimum atomic E-state index is -0.814. The van der Waals surface area contributed by atoms with Crippen LogP contribution in [0, 0.1) is 11.3 Å². The van der Waals surface area contributed by atoms with Gasteiger partial charge in [0.1, 0.15) is 12.6 Å². The van der Waals surface area contributed by atoms with E-state index < -0.39 is 16.8 Å². The monoisotopic (exact) mass is 287 g/mol. The Morgan fingerprint density at radius 3 is 2.53 bits per heavy atom. The minimum Gasteiger partial charge on any atom is -0.449 e. The number of nitriles is 1. The van der Waals surface area contributed by atoms with Crippen molar-refractivity contribution in [1.82, 2.24) is 4.90 Å². The third-order valence-corrected chi connectivity index (χ3v) is 2.73. The zero-order valence-electron chi connectivity index (χ0n) is 11.5. The first-order valence-corrected chi connectivity index (χ1v) is 6.48. The second-order valence-electron chi connectivity index (χ2n) is 4.71. The van der Waals surface area contributed by atoms with Crippen LogP contribution in [-0.4, -0.2) is 47.3 Å². The second-order valence-corrected chi connectivity index (χ2v) is 5.86. The lowest BCUT2D eigenvalue weighted by Crippen LogP contribution is -2.53. The van der Waals surface area contributed by atoms with Crippen LogP contribution in [0.25, 0.3) is 0 Å². The standard InChI is InChI=1S/C12H21N3O3S/c1-4-6-15(8-9(16)18-7-5-13)11(17)10(14)12(2,3)19/h10,19H,4,6-8,14H2,1-3H3/t10-/m1/s1. The van der Waals surface area contributed by atoms with E-state index in [1.165, 1.54) is 4.90 Å². The molecule has 0 aliphatic carbocycles. The van der Waals surface area contributed by atoms with Crippen molar-refractivity contribution in [3.8, 4) is 6.07 Å². The summed E-state index contributed by atoms with van der Waals surface area (Å²) in [6, 6.07) is 0.883. The Balaban J connectivity index is 4.68. The molecule has 0 spiro atoms. The molecule has 0 heterocycles. The van der Waals surface area contributed by atoms with Gasteiger partial charge in [0.05, 0.1) is 6.04 Å². The molecule has 0 radical (unpaired) electrons. The van der Waals surface area contributed by atoms with Gasteiger partial charge in [0.2, 0.25) is 5.91 Å². The van der Waals surface area contributed by atoms with Gasteiger partial charge >= 0.3 is 5.97 Å². The Hall–Kier alpha value is -1.26. The molecule has 0 saturated carbocycles. The number of rotatable bonds is 7. The topological polar surface area (TPSA) is 96.4 Å². The number of amides is 1. The van der Waals surface area contributed by atoms with Crippen LogP contribution in [0.4, 0.5) is 0 Å². The molecule has 0 aromatic heterocycles. The minimum absolute atomic E-state index is 0.202. The van der Waals surface area contributed by atoms with E-state index in [0.717, 1.165) is 0 Å². The molecule has 0 fully saturated rings. The molecule has 1 atom stereocenters. The van der Waals surface area contributed by atoms with Gasteiger partial charge in [0.25, 0.3) is 0 Å². The van der Waals surface area contributed by atoms with Gasteiger partial charge in [0.15, 0.2) is 6.61 Å². The summed E-state index contributed by atoms with van der Waals surface area (Å²) in [6.45, 7) is 5.23. The van der Waals surface area contributed by atoms with Crippen LogP contribution in [-0.2, 0) is 14.3 Å². The molecule has 0 aliphatic heterocycles. The van der Waals surface area contributed by atoms with Crippen LogP contribution in [0.5, 0.6) is 0 Å². The van der Waals surface area contributed by atoms with E-state index in [9.17, 15) is 9.59 Å². The zero-order chi connectivity index (χ0) is 15.1. The summed E-state index contributed by atoms with van der Waals surface area (Å²) < 4.78 is 3.95. The molecule has 108 valence electrons. The van der Waals surface area contributed by atoms with Crippen LogP contribution in [0.1, 0.15) is 27.2 Å². The molecule has 0 aromatic carbocycles. The van der Waals surface area contributed by atoms with Crippen LogP contribution in [0.15, 0.2) is 0 Å². The number of carbonyl (C=O) groups is 2. The fraction of sp³-hybridized carbons (Fsp3) is 0.750. The fourth-order valence-electron chi connectivity index (χ4n) is 1.35. The van der Waals surface area contributed by atoms with E-state index in [1.54, 1.807) is 19.9 Å². The first-order chi connectivity index (χ1) is 8.73. The largest absolute Gasteiger partial charge is 0.449 e.